The molecular formula is C62H48S12. The lowest BCUT2D eigenvalue weighted by atomic mass is 9.99. The minimum atomic E-state index is 1.36. The maximum absolute atomic E-state index is 2.43. The van der Waals surface area contributed by atoms with Crippen molar-refractivity contribution in [3.63, 3.8) is 0 Å². The molecule has 0 atom stereocenters. The van der Waals surface area contributed by atoms with Crippen LogP contribution in [0.1, 0.15) is 50.1 Å². The summed E-state index contributed by atoms with van der Waals surface area (Å²) in [4.78, 5) is 27.5. The van der Waals surface area contributed by atoms with Crippen molar-refractivity contribution in [1.82, 2.24) is 0 Å². The Kier molecular flexibility index (Phi) is 13.0. The molecule has 14 aromatic rings. The highest BCUT2D eigenvalue weighted by atomic mass is 32.1. The van der Waals surface area contributed by atoms with E-state index in [1.165, 1.54) is 171 Å². The van der Waals surface area contributed by atoms with Gasteiger partial charge in [-0.05, 0) is 190 Å². The zero-order valence-corrected chi connectivity index (χ0v) is 52.1. The van der Waals surface area contributed by atoms with Crippen molar-refractivity contribution in [3.05, 3.63) is 159 Å². The number of aryl methyl sites for hydroxylation is 10. The molecule has 0 aliphatic rings. The first-order chi connectivity index (χ1) is 35.7. The minimum Gasteiger partial charge on any atom is -0.140 e. The van der Waals surface area contributed by atoms with Gasteiger partial charge in [0.15, 0.2) is 0 Å². The van der Waals surface area contributed by atoms with Crippen molar-refractivity contribution in [2.75, 3.05) is 0 Å². The van der Waals surface area contributed by atoms with Gasteiger partial charge < -0.3 is 0 Å². The normalized spacial score (nSPS) is 11.9. The number of hydrogen-bond acceptors (Lipinski definition) is 12. The molecule has 0 nitrogen and oxygen atoms in total. The first-order valence-corrected chi connectivity index (χ1v) is 34.1. The summed E-state index contributed by atoms with van der Waals surface area (Å²) < 4.78 is 5.70. The molecule has 0 aliphatic heterocycles. The molecule has 0 amide bonds. The molecule has 0 radical (unpaired) electrons. The lowest BCUT2D eigenvalue weighted by Crippen LogP contribution is -1.81. The second-order valence-corrected chi connectivity index (χ2v) is 33.6. The second kappa shape index (κ2) is 19.4. The molecule has 2 aromatic carbocycles. The molecule has 0 unspecified atom stereocenters. The van der Waals surface area contributed by atoms with Crippen LogP contribution in [0.3, 0.4) is 0 Å². The Morgan fingerprint density at radius 3 is 0.757 bits per heavy atom. The highest BCUT2D eigenvalue weighted by molar-refractivity contribution is 7.28. The average molecular weight is 1180 g/mol. The third-order valence-electron chi connectivity index (χ3n) is 13.3. The van der Waals surface area contributed by atoms with Crippen LogP contribution in [-0.4, -0.2) is 0 Å². The Morgan fingerprint density at radius 1 is 0.203 bits per heavy atom. The van der Waals surface area contributed by atoms with Crippen LogP contribution in [0.15, 0.2) is 109 Å². The Morgan fingerprint density at radius 2 is 0.459 bits per heavy atom. The fourth-order valence-corrected chi connectivity index (χ4v) is 23.4. The molecule has 74 heavy (non-hydrogen) atoms. The largest absolute Gasteiger partial charge is 0.140 e. The third kappa shape index (κ3) is 8.79. The van der Waals surface area contributed by atoms with Gasteiger partial charge in [0, 0.05) is 160 Å². The summed E-state index contributed by atoms with van der Waals surface area (Å²) >= 11 is 23.1. The molecule has 0 bridgehead atoms. The highest BCUT2D eigenvalue weighted by Crippen LogP contribution is 2.56. The number of fused-ring (bicyclic) bond motifs is 4. The van der Waals surface area contributed by atoms with Crippen LogP contribution in [0.2, 0.25) is 0 Å². The molecule has 12 heteroatoms. The molecule has 0 spiro atoms. The number of thiophene rings is 12. The molecule has 0 saturated carbocycles. The standard InChI is InChI=1S/C32H26S6.C30H22S6/c1-15-11-25(37-29(15)23-9-7-17(3)33-23)27-21-13-19(5)36-32(21)28(22-14-20(6)35-31(22)27)26-12-16(2)30(38-26)24-10-8-18(4)34-24;1-15-5-7-21(31-15)23-9-11-25(35-23)27-19-13-17(3)34-30(19)28(20-14-18(4)33-29(20)27)26-12-10-24(36-26)22-8-6-16(2)32-22/h7-14H,1-6H3;5-14H,1-4H3. The predicted molar refractivity (Wildman–Crippen MR) is 348 cm³/mol. The van der Waals surface area contributed by atoms with Gasteiger partial charge in [-0.3, -0.25) is 0 Å². The van der Waals surface area contributed by atoms with E-state index >= 15 is 0 Å². The van der Waals surface area contributed by atoms with E-state index in [1.54, 1.807) is 0 Å². The Balaban J connectivity index is 0.000000143. The molecule has 12 heterocycles. The summed E-state index contributed by atoms with van der Waals surface area (Å²) in [6.45, 7) is 22.3. The zero-order chi connectivity index (χ0) is 50.8. The average Bonchev–Trinajstić information content (AvgIpc) is 4.19. The van der Waals surface area contributed by atoms with E-state index in [4.69, 9.17) is 0 Å². The van der Waals surface area contributed by atoms with Gasteiger partial charge in [-0.15, -0.1) is 136 Å². The van der Waals surface area contributed by atoms with Crippen LogP contribution in [0.4, 0.5) is 0 Å². The fourth-order valence-electron chi connectivity index (χ4n) is 10.2. The first kappa shape index (κ1) is 49.5. The van der Waals surface area contributed by atoms with E-state index in [0.717, 1.165) is 0 Å². The Labute approximate surface area is 480 Å². The summed E-state index contributed by atoms with van der Waals surface area (Å²) in [7, 11) is 0. The number of hydrogen-bond donors (Lipinski definition) is 0. The van der Waals surface area contributed by atoms with E-state index in [9.17, 15) is 0 Å². The summed E-state index contributed by atoms with van der Waals surface area (Å²) in [6.07, 6.45) is 0. The molecule has 14 rings (SSSR count). The highest BCUT2D eigenvalue weighted by Gasteiger charge is 2.26. The summed E-state index contributed by atoms with van der Waals surface area (Å²) in [6, 6.07) is 41.9. The molecule has 0 saturated heterocycles. The summed E-state index contributed by atoms with van der Waals surface area (Å²) in [5.74, 6) is 0. The van der Waals surface area contributed by atoms with Gasteiger partial charge in [0.25, 0.3) is 0 Å². The lowest BCUT2D eigenvalue weighted by molar-refractivity contribution is 1.55. The second-order valence-electron chi connectivity index (χ2n) is 19.1. The topological polar surface area (TPSA) is 0 Å². The van der Waals surface area contributed by atoms with Crippen molar-refractivity contribution >= 4 is 176 Å². The lowest BCUT2D eigenvalue weighted by Gasteiger charge is -2.09. The molecule has 0 N–H and O–H groups in total. The maximum atomic E-state index is 2.43. The van der Waals surface area contributed by atoms with E-state index in [2.05, 4.69) is 178 Å². The third-order valence-corrected chi connectivity index (χ3v) is 27.1. The van der Waals surface area contributed by atoms with E-state index in [-0.39, 0.29) is 0 Å². The van der Waals surface area contributed by atoms with Gasteiger partial charge in [0.05, 0.1) is 0 Å². The van der Waals surface area contributed by atoms with E-state index in [0.29, 0.717) is 0 Å². The van der Waals surface area contributed by atoms with Crippen molar-refractivity contribution < 1.29 is 0 Å². The van der Waals surface area contributed by atoms with Gasteiger partial charge in [-0.25, -0.2) is 0 Å². The number of benzene rings is 2. The molecule has 0 aliphatic carbocycles. The monoisotopic (exact) mass is 1180 g/mol. The van der Waals surface area contributed by atoms with Crippen molar-refractivity contribution in [2.45, 2.75) is 69.2 Å². The van der Waals surface area contributed by atoms with Crippen molar-refractivity contribution in [2.24, 2.45) is 0 Å². The maximum Gasteiger partial charge on any atom is 0.0478 e. The quantitative estimate of drug-likeness (QED) is 0.142. The van der Waals surface area contributed by atoms with Gasteiger partial charge >= 0.3 is 0 Å². The molecular weight excluding hydrogens is 1130 g/mol. The predicted octanol–water partition coefficient (Wildman–Crippen LogP) is 25.1. The van der Waals surface area contributed by atoms with Gasteiger partial charge in [-0.2, -0.15) is 0 Å². The van der Waals surface area contributed by atoms with Gasteiger partial charge in [0.1, 0.15) is 0 Å². The van der Waals surface area contributed by atoms with E-state index in [1.807, 2.05) is 136 Å². The molecule has 368 valence electrons. The fraction of sp³-hybridized carbons (Fsp3) is 0.161. The van der Waals surface area contributed by atoms with Gasteiger partial charge in [-0.1, -0.05) is 0 Å². The van der Waals surface area contributed by atoms with Crippen LogP contribution < -0.4 is 0 Å². The molecule has 0 fully saturated rings. The van der Waals surface area contributed by atoms with Crippen LogP contribution in [0, 0.1) is 69.2 Å². The first-order valence-electron chi connectivity index (χ1n) is 24.3. The van der Waals surface area contributed by atoms with Crippen molar-refractivity contribution in [3.8, 4) is 80.8 Å². The van der Waals surface area contributed by atoms with Crippen molar-refractivity contribution in [1.29, 1.82) is 0 Å². The van der Waals surface area contributed by atoms with Crippen LogP contribution in [0.25, 0.3) is 121 Å². The Hall–Kier alpha value is -4.12. The Bertz CT molecular complexity index is 4060. The number of rotatable bonds is 8. The zero-order valence-electron chi connectivity index (χ0n) is 42.3. The van der Waals surface area contributed by atoms with Gasteiger partial charge in [0.2, 0.25) is 0 Å². The summed E-state index contributed by atoms with van der Waals surface area (Å²) in [5, 5.41) is 5.62. The minimum absolute atomic E-state index is 1.36. The van der Waals surface area contributed by atoms with Crippen LogP contribution in [-0.2, 0) is 0 Å². The smallest absolute Gasteiger partial charge is 0.0478 e. The van der Waals surface area contributed by atoms with Crippen LogP contribution in [0.5, 0.6) is 0 Å². The SMILES string of the molecule is Cc1ccc(-c2ccc(-c3c4cc(C)sc4c(-c4ccc(-c5ccc(C)s5)s4)c4cc(C)sc34)s2)s1.Cc1ccc(-c2sc(-c3c4cc(C)sc4c(-c4cc(C)c(-c5ccc(C)s5)s4)c4cc(C)sc34)cc2C)s1. The molecule has 12 aromatic heterocycles. The summed E-state index contributed by atoms with van der Waals surface area (Å²) in [5.41, 5.74) is 8.44. The van der Waals surface area contributed by atoms with Crippen LogP contribution >= 0.6 is 136 Å². The van der Waals surface area contributed by atoms with E-state index < -0.39 is 0 Å².